The third kappa shape index (κ3) is 15.9. The average Bonchev–Trinajstić information content (AvgIpc) is 3.84. The second-order valence-electron chi connectivity index (χ2n) is 23.5. The molecule has 0 spiro atoms. The van der Waals surface area contributed by atoms with E-state index < -0.39 is 20.8 Å². The van der Waals surface area contributed by atoms with Crippen molar-refractivity contribution in [3.8, 4) is 22.3 Å². The van der Waals surface area contributed by atoms with Gasteiger partial charge in [0.25, 0.3) is 0 Å². The van der Waals surface area contributed by atoms with E-state index in [-0.39, 0.29) is 21.7 Å². The van der Waals surface area contributed by atoms with Crippen molar-refractivity contribution >= 4 is 48.1 Å². The van der Waals surface area contributed by atoms with Crippen LogP contribution in [0.3, 0.4) is 0 Å². The number of unbranched alkanes of at least 4 members (excludes halogenated alkanes) is 2. The van der Waals surface area contributed by atoms with Crippen molar-refractivity contribution in [1.82, 2.24) is 0 Å². The van der Waals surface area contributed by atoms with Crippen molar-refractivity contribution in [3.05, 3.63) is 129 Å². The number of aryl methyl sites for hydroxylation is 2. The molecule has 0 N–H and O–H groups in total. The first-order valence-corrected chi connectivity index (χ1v) is 33.3. The molecule has 0 fully saturated rings. The van der Waals surface area contributed by atoms with Gasteiger partial charge in [0.2, 0.25) is 0 Å². The van der Waals surface area contributed by atoms with Gasteiger partial charge in [0.15, 0.2) is 0 Å². The molecule has 6 rings (SSSR count). The van der Waals surface area contributed by atoms with Crippen LogP contribution in [-0.4, -0.2) is 9.52 Å². The fourth-order valence-electron chi connectivity index (χ4n) is 8.65. The fourth-order valence-corrected chi connectivity index (χ4v) is 8.65. The van der Waals surface area contributed by atoms with Crippen molar-refractivity contribution in [2.24, 2.45) is 0 Å². The van der Waals surface area contributed by atoms with E-state index in [1.165, 1.54) is 127 Å². The van der Waals surface area contributed by atoms with E-state index in [2.05, 4.69) is 223 Å². The van der Waals surface area contributed by atoms with Gasteiger partial charge >= 0.3 is 37.9 Å². The molecule has 0 aliphatic rings. The van der Waals surface area contributed by atoms with E-state index in [0.717, 1.165) is 9.52 Å². The summed E-state index contributed by atoms with van der Waals surface area (Å²) in [5.41, 5.74) is 17.7. The van der Waals surface area contributed by atoms with Crippen LogP contribution in [-0.2, 0) is 55.3 Å². The zero-order valence-corrected chi connectivity index (χ0v) is 50.2. The number of halogens is 2. The Labute approximate surface area is 427 Å². The second-order valence-corrected chi connectivity index (χ2v) is 28.2. The predicted octanol–water partition coefficient (Wildman–Crippen LogP) is 20.7. The van der Waals surface area contributed by atoms with Gasteiger partial charge in [0, 0.05) is 9.52 Å². The van der Waals surface area contributed by atoms with Crippen molar-refractivity contribution in [2.75, 3.05) is 0 Å². The molecule has 2 radical (unpaired) electrons. The summed E-state index contributed by atoms with van der Waals surface area (Å²) in [6.45, 7) is 46.1. The third-order valence-electron chi connectivity index (χ3n) is 12.8. The molecule has 6 aromatic carbocycles. The molecule has 66 heavy (non-hydrogen) atoms. The van der Waals surface area contributed by atoms with Crippen LogP contribution in [0, 0.1) is 0 Å². The molecule has 358 valence electrons. The van der Waals surface area contributed by atoms with Crippen LogP contribution < -0.4 is 0 Å². The first-order valence-electron chi connectivity index (χ1n) is 25.0. The minimum absolute atomic E-state index is 0.125. The topological polar surface area (TPSA) is 0 Å². The summed E-state index contributed by atoms with van der Waals surface area (Å²) in [4.78, 5) is 0. The van der Waals surface area contributed by atoms with Gasteiger partial charge in [-0.25, -0.2) is 0 Å². The molecule has 0 nitrogen and oxygen atoms in total. The van der Waals surface area contributed by atoms with Gasteiger partial charge in [-0.15, -0.1) is 69.1 Å². The van der Waals surface area contributed by atoms with Crippen molar-refractivity contribution in [3.63, 3.8) is 0 Å². The molecule has 0 saturated carbocycles. The van der Waals surface area contributed by atoms with Gasteiger partial charge in [-0.2, -0.15) is 12.1 Å². The predicted molar refractivity (Wildman–Crippen MR) is 299 cm³/mol. The summed E-state index contributed by atoms with van der Waals surface area (Å²) in [6, 6.07) is 33.8. The van der Waals surface area contributed by atoms with Gasteiger partial charge < -0.3 is 0 Å². The Kier molecular flexibility index (Phi) is 22.1. The van der Waals surface area contributed by atoms with Crippen LogP contribution in [0.1, 0.15) is 207 Å². The van der Waals surface area contributed by atoms with E-state index in [1.807, 2.05) is 0 Å². The molecular formula is C62H88Cl2SiZr. The van der Waals surface area contributed by atoms with Crippen molar-refractivity contribution < 1.29 is 20.8 Å². The van der Waals surface area contributed by atoms with Gasteiger partial charge in [-0.1, -0.05) is 222 Å². The average molecular weight is 1020 g/mol. The Balaban J connectivity index is 0.000000313. The van der Waals surface area contributed by atoms with Crippen LogP contribution in [0.2, 0.25) is 13.1 Å². The second kappa shape index (κ2) is 25.1. The summed E-state index contributed by atoms with van der Waals surface area (Å²) in [5, 5.41) is 5.63. The Bertz CT molecular complexity index is 2190. The molecule has 6 aromatic rings. The van der Waals surface area contributed by atoms with Crippen LogP contribution in [0.4, 0.5) is 0 Å². The normalized spacial score (nSPS) is 12.1. The van der Waals surface area contributed by atoms with E-state index >= 15 is 0 Å². The molecule has 0 amide bonds. The monoisotopic (exact) mass is 1020 g/mol. The maximum absolute atomic E-state index is 4.93. The number of benzene rings is 4. The van der Waals surface area contributed by atoms with E-state index in [9.17, 15) is 0 Å². The zero-order valence-electron chi connectivity index (χ0n) is 45.2. The van der Waals surface area contributed by atoms with Crippen molar-refractivity contribution in [1.29, 1.82) is 0 Å². The van der Waals surface area contributed by atoms with Gasteiger partial charge in [-0.3, -0.25) is 0 Å². The summed E-state index contributed by atoms with van der Waals surface area (Å²) < 4.78 is 0. The molecular weight excluding hydrogens is 935 g/mol. The molecule has 0 atom stereocenters. The van der Waals surface area contributed by atoms with Gasteiger partial charge in [0.1, 0.15) is 0 Å². The first-order chi connectivity index (χ1) is 30.7. The Morgan fingerprint density at radius 2 is 0.758 bits per heavy atom. The SMILES string of the molecule is CCCCc1cc2c(-c3cc(C(C)(C)C)cc(C(C)(C)C)c3)c(C(C)C)ccc2[cH-]1.CCCCc1cc2c(-c3cc(C(C)(C)C)cc(C(C)(C)C)c3)c(C(C)C)ccc2[cH-]1.C[Si]C.[Cl][Zr+2][Cl]. The summed E-state index contributed by atoms with van der Waals surface area (Å²) in [7, 11) is 11.0. The van der Waals surface area contributed by atoms with Crippen LogP contribution in [0.5, 0.6) is 0 Å². The maximum atomic E-state index is 4.93. The van der Waals surface area contributed by atoms with E-state index in [4.69, 9.17) is 17.0 Å². The van der Waals surface area contributed by atoms with Gasteiger partial charge in [-0.05, 0) is 79.7 Å². The van der Waals surface area contributed by atoms with E-state index in [0.29, 0.717) is 11.8 Å². The standard InChI is InChI=1S/2C30H41.C2H6Si.2ClH.Zr/c2*1-10-11-12-21-15-22-13-14-26(20(2)3)28(27(22)16-21)23-17-24(29(4,5)6)19-25(18-23)30(7,8)9;1-3-2;;;/h2*13-20H,10-12H2,1-9H3;1-2H3;2*1H;/q2*-1;;;;+4/p-2. The number of hydrogen-bond donors (Lipinski definition) is 0. The molecule has 0 bridgehead atoms. The fraction of sp³-hybridized carbons (Fsp3) is 0.516. The quantitative estimate of drug-likeness (QED) is 0.0948. The number of hydrogen-bond acceptors (Lipinski definition) is 0. The third-order valence-corrected chi connectivity index (χ3v) is 12.8. The summed E-state index contributed by atoms with van der Waals surface area (Å²) >= 11 is -0.826. The first kappa shape index (κ1) is 58.1. The molecule has 0 heterocycles. The zero-order chi connectivity index (χ0) is 49.9. The molecule has 0 aliphatic heterocycles. The molecule has 4 heteroatoms. The summed E-state index contributed by atoms with van der Waals surface area (Å²) in [6.07, 6.45) is 7.36. The van der Waals surface area contributed by atoms with E-state index in [1.54, 1.807) is 0 Å². The van der Waals surface area contributed by atoms with Crippen LogP contribution in [0.25, 0.3) is 43.8 Å². The molecule has 0 saturated heterocycles. The van der Waals surface area contributed by atoms with Crippen LogP contribution >= 0.6 is 17.0 Å². The summed E-state index contributed by atoms with van der Waals surface area (Å²) in [5.74, 6) is 0.990. The Morgan fingerprint density at radius 3 is 0.985 bits per heavy atom. The van der Waals surface area contributed by atoms with Gasteiger partial charge in [0.05, 0.1) is 0 Å². The minimum atomic E-state index is -0.826. The molecule has 0 aliphatic carbocycles. The molecule has 0 aromatic heterocycles. The van der Waals surface area contributed by atoms with Crippen LogP contribution in [0.15, 0.2) is 84.9 Å². The number of fused-ring (bicyclic) bond motifs is 2. The Hall–Kier alpha value is -2.22. The molecule has 0 unspecified atom stereocenters. The Morgan fingerprint density at radius 1 is 0.485 bits per heavy atom. The van der Waals surface area contributed by atoms with Crippen molar-refractivity contribution in [2.45, 2.75) is 210 Å². The number of rotatable bonds is 10.